The maximum absolute atomic E-state index is 3.14. The van der Waals surface area contributed by atoms with Gasteiger partial charge in [-0.3, -0.25) is 0 Å². The van der Waals surface area contributed by atoms with Gasteiger partial charge in [-0.1, -0.05) is 42.2 Å². The Morgan fingerprint density at radius 1 is 1.23 bits per heavy atom. The minimum atomic E-state index is 0.944. The Kier molecular flexibility index (Phi) is 4.49. The van der Waals surface area contributed by atoms with Crippen molar-refractivity contribution in [2.24, 2.45) is 0 Å². The lowest BCUT2D eigenvalue weighted by molar-refractivity contribution is 1.08. The molecule has 66 valence electrons. The summed E-state index contributed by atoms with van der Waals surface area (Å²) in [5.41, 5.74) is 1.10. The molecular weight excluding hydrogens is 156 g/mol. The molecule has 1 aromatic rings. The van der Waals surface area contributed by atoms with Crippen molar-refractivity contribution in [3.63, 3.8) is 0 Å². The summed E-state index contributed by atoms with van der Waals surface area (Å²) in [6.07, 6.45) is 6.19. The third kappa shape index (κ3) is 4.18. The van der Waals surface area contributed by atoms with Gasteiger partial charge in [-0.05, 0) is 25.5 Å². The van der Waals surface area contributed by atoms with Crippen LogP contribution in [0.2, 0.25) is 0 Å². The zero-order valence-electron chi connectivity index (χ0n) is 7.96. The fourth-order valence-electron chi connectivity index (χ4n) is 1.01. The van der Waals surface area contributed by atoms with Crippen LogP contribution in [0.4, 0.5) is 0 Å². The summed E-state index contributed by atoms with van der Waals surface area (Å²) >= 11 is 0. The molecule has 13 heavy (non-hydrogen) atoms. The summed E-state index contributed by atoms with van der Waals surface area (Å²) in [7, 11) is 0. The maximum Gasteiger partial charge on any atom is 0.0245 e. The predicted octanol–water partition coefficient (Wildman–Crippen LogP) is 3.39. The molecule has 0 unspecified atom stereocenters. The molecule has 0 atom stereocenters. The van der Waals surface area contributed by atoms with Crippen molar-refractivity contribution < 1.29 is 0 Å². The number of unbranched alkanes of at least 4 members (excludes halogenated alkanes) is 1. The van der Waals surface area contributed by atoms with Crippen LogP contribution >= 0.6 is 0 Å². The third-order valence-corrected chi connectivity index (χ3v) is 1.68. The van der Waals surface area contributed by atoms with E-state index in [1.807, 2.05) is 37.3 Å². The highest BCUT2D eigenvalue weighted by atomic mass is 13.8. The second kappa shape index (κ2) is 6.08. The van der Waals surface area contributed by atoms with Crippen molar-refractivity contribution in [2.75, 3.05) is 0 Å². The zero-order valence-corrected chi connectivity index (χ0v) is 7.96. The van der Waals surface area contributed by atoms with E-state index in [0.29, 0.717) is 0 Å². The molecule has 0 heteroatoms. The fraction of sp³-hybridized carbons (Fsp3) is 0.231. The fourth-order valence-corrected chi connectivity index (χ4v) is 1.01. The SMILES string of the molecule is C/C=C/CCC#Cc1ccccc1. The van der Waals surface area contributed by atoms with E-state index in [-0.39, 0.29) is 0 Å². The Labute approximate surface area is 80.3 Å². The first kappa shape index (κ1) is 9.61. The Bertz CT molecular complexity index is 309. The standard InChI is InChI=1S/C13H14/c1-2-3-4-5-7-10-13-11-8-6-9-12-13/h2-3,6,8-9,11-12H,4-5H2,1H3/b3-2+. The second-order valence-electron chi connectivity index (χ2n) is 2.78. The van der Waals surface area contributed by atoms with Crippen molar-refractivity contribution >= 4 is 0 Å². The lowest BCUT2D eigenvalue weighted by Crippen LogP contribution is -1.71. The van der Waals surface area contributed by atoms with Crippen LogP contribution in [-0.4, -0.2) is 0 Å². The third-order valence-electron chi connectivity index (χ3n) is 1.68. The highest BCUT2D eigenvalue weighted by Gasteiger charge is 1.80. The highest BCUT2D eigenvalue weighted by molar-refractivity contribution is 5.33. The van der Waals surface area contributed by atoms with Gasteiger partial charge >= 0.3 is 0 Å². The van der Waals surface area contributed by atoms with Crippen molar-refractivity contribution in [1.82, 2.24) is 0 Å². The normalized spacial score (nSPS) is 9.62. The van der Waals surface area contributed by atoms with Gasteiger partial charge in [-0.15, -0.1) is 0 Å². The van der Waals surface area contributed by atoms with Gasteiger partial charge < -0.3 is 0 Å². The molecule has 0 bridgehead atoms. The first-order valence-electron chi connectivity index (χ1n) is 4.58. The van der Waals surface area contributed by atoms with Gasteiger partial charge in [0, 0.05) is 12.0 Å². The average molecular weight is 170 g/mol. The monoisotopic (exact) mass is 170 g/mol. The molecule has 1 aromatic carbocycles. The molecule has 0 nitrogen and oxygen atoms in total. The first-order valence-corrected chi connectivity index (χ1v) is 4.58. The van der Waals surface area contributed by atoms with E-state index in [0.717, 1.165) is 18.4 Å². The van der Waals surface area contributed by atoms with Crippen molar-refractivity contribution in [3.8, 4) is 11.8 Å². The molecule has 0 aromatic heterocycles. The zero-order chi connectivity index (χ0) is 9.36. The van der Waals surface area contributed by atoms with Crippen molar-refractivity contribution in [1.29, 1.82) is 0 Å². The number of hydrogen-bond donors (Lipinski definition) is 0. The molecule has 0 radical (unpaired) electrons. The van der Waals surface area contributed by atoms with Crippen molar-refractivity contribution in [3.05, 3.63) is 48.0 Å². The minimum Gasteiger partial charge on any atom is -0.0976 e. The second-order valence-corrected chi connectivity index (χ2v) is 2.78. The molecule has 0 amide bonds. The molecule has 0 aliphatic heterocycles. The van der Waals surface area contributed by atoms with Gasteiger partial charge in [0.05, 0.1) is 0 Å². The van der Waals surface area contributed by atoms with E-state index in [9.17, 15) is 0 Å². The Morgan fingerprint density at radius 3 is 2.69 bits per heavy atom. The quantitative estimate of drug-likeness (QED) is 0.362. The summed E-state index contributed by atoms with van der Waals surface area (Å²) in [4.78, 5) is 0. The van der Waals surface area contributed by atoms with Gasteiger partial charge in [0.25, 0.3) is 0 Å². The van der Waals surface area contributed by atoms with Crippen LogP contribution in [-0.2, 0) is 0 Å². The van der Waals surface area contributed by atoms with Crippen LogP contribution in [0.5, 0.6) is 0 Å². The number of allylic oxidation sites excluding steroid dienone is 2. The number of rotatable bonds is 2. The Morgan fingerprint density at radius 2 is 2.00 bits per heavy atom. The molecule has 0 saturated carbocycles. The highest BCUT2D eigenvalue weighted by Crippen LogP contribution is 1.96. The van der Waals surface area contributed by atoms with Gasteiger partial charge in [-0.2, -0.15) is 0 Å². The maximum atomic E-state index is 3.14. The van der Waals surface area contributed by atoms with E-state index in [1.165, 1.54) is 0 Å². The summed E-state index contributed by atoms with van der Waals surface area (Å²) in [6.45, 7) is 2.03. The predicted molar refractivity (Wildman–Crippen MR) is 57.4 cm³/mol. The molecule has 0 saturated heterocycles. The van der Waals surface area contributed by atoms with Crippen LogP contribution in [0.1, 0.15) is 25.3 Å². The van der Waals surface area contributed by atoms with Gasteiger partial charge in [-0.25, -0.2) is 0 Å². The smallest absolute Gasteiger partial charge is 0.0245 e. The topological polar surface area (TPSA) is 0 Å². The lowest BCUT2D eigenvalue weighted by Gasteiger charge is -1.86. The number of hydrogen-bond acceptors (Lipinski definition) is 0. The van der Waals surface area contributed by atoms with Gasteiger partial charge in [0.1, 0.15) is 0 Å². The summed E-state index contributed by atoms with van der Waals surface area (Å²) in [5.74, 6) is 6.25. The summed E-state index contributed by atoms with van der Waals surface area (Å²) < 4.78 is 0. The van der Waals surface area contributed by atoms with Crippen LogP contribution in [0, 0.1) is 11.8 Å². The van der Waals surface area contributed by atoms with Gasteiger partial charge in [0.2, 0.25) is 0 Å². The van der Waals surface area contributed by atoms with Gasteiger partial charge in [0.15, 0.2) is 0 Å². The number of benzene rings is 1. The molecule has 0 N–H and O–H groups in total. The molecule has 0 heterocycles. The first-order chi connectivity index (χ1) is 6.43. The molecule has 0 spiro atoms. The Balaban J connectivity index is 2.40. The van der Waals surface area contributed by atoms with Crippen LogP contribution in [0.3, 0.4) is 0 Å². The van der Waals surface area contributed by atoms with Crippen LogP contribution in [0.15, 0.2) is 42.5 Å². The minimum absolute atomic E-state index is 0.944. The van der Waals surface area contributed by atoms with E-state index in [4.69, 9.17) is 0 Å². The molecular formula is C13H14. The van der Waals surface area contributed by atoms with E-state index in [2.05, 4.69) is 24.0 Å². The molecule has 0 aliphatic rings. The Hall–Kier alpha value is -1.48. The van der Waals surface area contributed by atoms with E-state index in [1.54, 1.807) is 0 Å². The molecule has 0 aliphatic carbocycles. The van der Waals surface area contributed by atoms with E-state index < -0.39 is 0 Å². The lowest BCUT2D eigenvalue weighted by atomic mass is 10.2. The summed E-state index contributed by atoms with van der Waals surface area (Å²) in [5, 5.41) is 0. The molecule has 1 rings (SSSR count). The van der Waals surface area contributed by atoms with E-state index >= 15 is 0 Å². The molecule has 0 fully saturated rings. The van der Waals surface area contributed by atoms with Crippen LogP contribution < -0.4 is 0 Å². The summed E-state index contributed by atoms with van der Waals surface area (Å²) in [6, 6.07) is 10.1. The van der Waals surface area contributed by atoms with Crippen LogP contribution in [0.25, 0.3) is 0 Å². The van der Waals surface area contributed by atoms with Crippen molar-refractivity contribution in [2.45, 2.75) is 19.8 Å². The largest absolute Gasteiger partial charge is 0.0976 e. The average Bonchev–Trinajstić information content (AvgIpc) is 2.19.